The summed E-state index contributed by atoms with van der Waals surface area (Å²) in [6.07, 6.45) is 3.49. The topological polar surface area (TPSA) is 84.2 Å². The number of benzene rings is 2. The van der Waals surface area contributed by atoms with E-state index in [2.05, 4.69) is 10.6 Å². The number of hydrogen-bond acceptors (Lipinski definition) is 3. The standard InChI is InChI=1S/C21H24FN3O2/c22-18-10-9-17(24-21(27)15-7-4-8-16(23)12-15)13-19(18)25-20(26)11-14-5-2-1-3-6-14/h1-3,5-6,9-10,13,15-16H,4,7-8,11-12,23H2,(H,24,27)(H,25,26). The third-order valence-electron chi connectivity index (χ3n) is 4.80. The van der Waals surface area contributed by atoms with Gasteiger partial charge < -0.3 is 16.4 Å². The van der Waals surface area contributed by atoms with Gasteiger partial charge in [-0.15, -0.1) is 0 Å². The normalized spacial score (nSPS) is 19.3. The van der Waals surface area contributed by atoms with Gasteiger partial charge >= 0.3 is 0 Å². The average Bonchev–Trinajstić information content (AvgIpc) is 2.65. The first kappa shape index (κ1) is 19.0. The molecule has 6 heteroatoms. The lowest BCUT2D eigenvalue weighted by Gasteiger charge is -2.25. The SMILES string of the molecule is NC1CCCC(C(=O)Nc2ccc(F)c(NC(=O)Cc3ccccc3)c2)C1. The maximum absolute atomic E-state index is 14.1. The van der Waals surface area contributed by atoms with E-state index < -0.39 is 5.82 Å². The zero-order valence-corrected chi connectivity index (χ0v) is 15.1. The highest BCUT2D eigenvalue weighted by molar-refractivity contribution is 5.95. The summed E-state index contributed by atoms with van der Waals surface area (Å²) in [5.74, 6) is -1.11. The van der Waals surface area contributed by atoms with Gasteiger partial charge in [-0.3, -0.25) is 9.59 Å². The fourth-order valence-corrected chi connectivity index (χ4v) is 3.38. The summed E-state index contributed by atoms with van der Waals surface area (Å²) in [5, 5.41) is 5.38. The van der Waals surface area contributed by atoms with Crippen LogP contribution in [0.2, 0.25) is 0 Å². The molecule has 0 bridgehead atoms. The fourth-order valence-electron chi connectivity index (χ4n) is 3.38. The van der Waals surface area contributed by atoms with Crippen molar-refractivity contribution >= 4 is 23.2 Å². The average molecular weight is 369 g/mol. The molecule has 0 radical (unpaired) electrons. The van der Waals surface area contributed by atoms with E-state index in [1.54, 1.807) is 0 Å². The second-order valence-electron chi connectivity index (χ2n) is 7.02. The van der Waals surface area contributed by atoms with E-state index in [1.807, 2.05) is 30.3 Å². The molecule has 2 unspecified atom stereocenters. The molecule has 1 aliphatic carbocycles. The molecule has 142 valence electrons. The molecule has 3 rings (SSSR count). The molecular weight excluding hydrogens is 345 g/mol. The van der Waals surface area contributed by atoms with Crippen LogP contribution in [-0.4, -0.2) is 17.9 Å². The van der Waals surface area contributed by atoms with Crippen molar-refractivity contribution in [3.05, 3.63) is 59.9 Å². The minimum atomic E-state index is -0.547. The monoisotopic (exact) mass is 369 g/mol. The molecule has 2 atom stereocenters. The van der Waals surface area contributed by atoms with Crippen LogP contribution < -0.4 is 16.4 Å². The van der Waals surface area contributed by atoms with E-state index in [1.165, 1.54) is 18.2 Å². The first-order valence-electron chi connectivity index (χ1n) is 9.21. The molecule has 5 nitrogen and oxygen atoms in total. The molecular formula is C21H24FN3O2. The predicted molar refractivity (Wildman–Crippen MR) is 104 cm³/mol. The number of hydrogen-bond donors (Lipinski definition) is 3. The van der Waals surface area contributed by atoms with E-state index in [-0.39, 0.29) is 35.9 Å². The van der Waals surface area contributed by atoms with Gasteiger partial charge in [-0.2, -0.15) is 0 Å². The van der Waals surface area contributed by atoms with Gasteiger partial charge in [0.15, 0.2) is 0 Å². The maximum Gasteiger partial charge on any atom is 0.228 e. The van der Waals surface area contributed by atoms with Crippen molar-refractivity contribution in [2.75, 3.05) is 10.6 Å². The van der Waals surface area contributed by atoms with Gasteiger partial charge in [0.05, 0.1) is 12.1 Å². The third kappa shape index (κ3) is 5.37. The smallest absolute Gasteiger partial charge is 0.228 e. The number of amides is 2. The van der Waals surface area contributed by atoms with Gasteiger partial charge in [-0.05, 0) is 43.0 Å². The molecule has 2 aromatic carbocycles. The quantitative estimate of drug-likeness (QED) is 0.755. The molecule has 2 amide bonds. The first-order chi connectivity index (χ1) is 13.0. The van der Waals surface area contributed by atoms with Gasteiger partial charge in [0.25, 0.3) is 0 Å². The molecule has 2 aromatic rings. The van der Waals surface area contributed by atoms with Crippen molar-refractivity contribution in [1.29, 1.82) is 0 Å². The fraction of sp³-hybridized carbons (Fsp3) is 0.333. The zero-order valence-electron chi connectivity index (χ0n) is 15.1. The Kier molecular flexibility index (Phi) is 6.19. The van der Waals surface area contributed by atoms with E-state index in [0.717, 1.165) is 24.8 Å². The second-order valence-corrected chi connectivity index (χ2v) is 7.02. The molecule has 1 aliphatic rings. The molecule has 4 N–H and O–H groups in total. The first-order valence-corrected chi connectivity index (χ1v) is 9.21. The number of halogens is 1. The largest absolute Gasteiger partial charge is 0.328 e. The Morgan fingerprint density at radius 1 is 1.07 bits per heavy atom. The minimum Gasteiger partial charge on any atom is -0.328 e. The summed E-state index contributed by atoms with van der Waals surface area (Å²) in [4.78, 5) is 24.6. The Bertz CT molecular complexity index is 810. The van der Waals surface area contributed by atoms with Crippen LogP contribution in [0.5, 0.6) is 0 Å². The maximum atomic E-state index is 14.1. The minimum absolute atomic E-state index is 0.0501. The van der Waals surface area contributed by atoms with Crippen molar-refractivity contribution in [3.8, 4) is 0 Å². The number of nitrogens with one attached hydrogen (secondary N) is 2. The Labute approximate surface area is 158 Å². The lowest BCUT2D eigenvalue weighted by Crippen LogP contribution is -2.34. The van der Waals surface area contributed by atoms with E-state index >= 15 is 0 Å². The summed E-state index contributed by atoms with van der Waals surface area (Å²) in [7, 11) is 0. The van der Waals surface area contributed by atoms with Crippen LogP contribution in [0.25, 0.3) is 0 Å². The number of rotatable bonds is 5. The van der Waals surface area contributed by atoms with Crippen LogP contribution in [0.15, 0.2) is 48.5 Å². The molecule has 0 aromatic heterocycles. The molecule has 0 spiro atoms. The predicted octanol–water partition coefficient (Wildman–Crippen LogP) is 3.46. The number of carbonyl (C=O) groups is 2. The van der Waals surface area contributed by atoms with Crippen LogP contribution in [0.1, 0.15) is 31.2 Å². The lowest BCUT2D eigenvalue weighted by molar-refractivity contribution is -0.121. The van der Waals surface area contributed by atoms with E-state index in [4.69, 9.17) is 5.73 Å². The van der Waals surface area contributed by atoms with E-state index in [9.17, 15) is 14.0 Å². The molecule has 0 heterocycles. The Morgan fingerprint density at radius 3 is 2.59 bits per heavy atom. The molecule has 0 aliphatic heterocycles. The van der Waals surface area contributed by atoms with Crippen molar-refractivity contribution in [2.24, 2.45) is 11.7 Å². The van der Waals surface area contributed by atoms with Crippen molar-refractivity contribution in [2.45, 2.75) is 38.1 Å². The van der Waals surface area contributed by atoms with Gasteiger partial charge in [0, 0.05) is 17.6 Å². The zero-order chi connectivity index (χ0) is 19.2. The van der Waals surface area contributed by atoms with Crippen LogP contribution >= 0.6 is 0 Å². The molecule has 1 fully saturated rings. The molecule has 27 heavy (non-hydrogen) atoms. The summed E-state index contributed by atoms with van der Waals surface area (Å²) in [5.41, 5.74) is 7.29. The van der Waals surface area contributed by atoms with Gasteiger partial charge in [-0.25, -0.2) is 4.39 Å². The van der Waals surface area contributed by atoms with Crippen LogP contribution in [0.4, 0.5) is 15.8 Å². The van der Waals surface area contributed by atoms with Crippen LogP contribution in [0, 0.1) is 11.7 Å². The molecule has 1 saturated carbocycles. The summed E-state index contributed by atoms with van der Waals surface area (Å²) in [6, 6.07) is 13.4. The summed E-state index contributed by atoms with van der Waals surface area (Å²) >= 11 is 0. The highest BCUT2D eigenvalue weighted by atomic mass is 19.1. The second kappa shape index (κ2) is 8.77. The van der Waals surface area contributed by atoms with Crippen LogP contribution in [0.3, 0.4) is 0 Å². The van der Waals surface area contributed by atoms with Gasteiger partial charge in [0.2, 0.25) is 11.8 Å². The summed E-state index contributed by atoms with van der Waals surface area (Å²) in [6.45, 7) is 0. The highest BCUT2D eigenvalue weighted by Gasteiger charge is 2.25. The van der Waals surface area contributed by atoms with Gasteiger partial charge in [-0.1, -0.05) is 36.8 Å². The van der Waals surface area contributed by atoms with Crippen LogP contribution in [-0.2, 0) is 16.0 Å². The highest BCUT2D eigenvalue weighted by Crippen LogP contribution is 2.26. The Morgan fingerprint density at radius 2 is 1.85 bits per heavy atom. The van der Waals surface area contributed by atoms with Crippen molar-refractivity contribution < 1.29 is 14.0 Å². The van der Waals surface area contributed by atoms with Crippen molar-refractivity contribution in [3.63, 3.8) is 0 Å². The third-order valence-corrected chi connectivity index (χ3v) is 4.80. The lowest BCUT2D eigenvalue weighted by atomic mass is 9.85. The summed E-state index contributed by atoms with van der Waals surface area (Å²) < 4.78 is 14.1. The molecule has 0 saturated heterocycles. The Balaban J connectivity index is 1.63. The van der Waals surface area contributed by atoms with Gasteiger partial charge in [0.1, 0.15) is 5.82 Å². The van der Waals surface area contributed by atoms with E-state index in [0.29, 0.717) is 12.1 Å². The Hall–Kier alpha value is -2.73. The number of nitrogens with two attached hydrogens (primary N) is 1. The number of anilines is 2. The van der Waals surface area contributed by atoms with Crippen molar-refractivity contribution in [1.82, 2.24) is 0 Å². The number of carbonyl (C=O) groups excluding carboxylic acids is 2.